The molecule has 8 nitrogen and oxygen atoms in total. The van der Waals surface area contributed by atoms with Crippen LogP contribution in [0.25, 0.3) is 0 Å². The van der Waals surface area contributed by atoms with Crippen molar-refractivity contribution in [2.45, 2.75) is 6.92 Å². The van der Waals surface area contributed by atoms with Gasteiger partial charge in [-0.15, -0.1) is 0 Å². The van der Waals surface area contributed by atoms with Crippen molar-refractivity contribution in [2.75, 3.05) is 5.43 Å². The van der Waals surface area contributed by atoms with Gasteiger partial charge in [0.25, 0.3) is 0 Å². The maximum absolute atomic E-state index is 13.3. The van der Waals surface area contributed by atoms with Crippen molar-refractivity contribution in [2.24, 2.45) is 5.84 Å². The average molecular weight is 358 g/mol. The van der Waals surface area contributed by atoms with Crippen LogP contribution >= 0.6 is 15.9 Å². The number of rotatable bonds is 4. The number of aromatic nitrogens is 2. The molecule has 0 aliphatic rings. The summed E-state index contributed by atoms with van der Waals surface area (Å²) in [6.07, 6.45) is 0. The van der Waals surface area contributed by atoms with Crippen LogP contribution < -0.4 is 16.0 Å². The minimum Gasteiger partial charge on any atom is -0.433 e. The minimum absolute atomic E-state index is 0.0473. The molecule has 110 valence electrons. The molecule has 0 saturated heterocycles. The lowest BCUT2D eigenvalue weighted by atomic mass is 10.3. The number of benzene rings is 1. The molecule has 1 heterocycles. The molecule has 2 rings (SSSR count). The fraction of sp³-hybridized carbons (Fsp3) is 0.0909. The molecule has 0 atom stereocenters. The number of hydrogen-bond acceptors (Lipinski definition) is 7. The number of hydrazine groups is 1. The van der Waals surface area contributed by atoms with E-state index < -0.39 is 16.4 Å². The molecule has 2 aromatic rings. The van der Waals surface area contributed by atoms with E-state index in [9.17, 15) is 14.5 Å². The lowest BCUT2D eigenvalue weighted by molar-refractivity contribution is -0.386. The molecule has 0 fully saturated rings. The predicted molar refractivity (Wildman–Crippen MR) is 75.4 cm³/mol. The summed E-state index contributed by atoms with van der Waals surface area (Å²) in [7, 11) is 0. The number of aryl methyl sites for hydroxylation is 1. The Bertz CT molecular complexity index is 692. The van der Waals surface area contributed by atoms with Gasteiger partial charge >= 0.3 is 11.6 Å². The van der Waals surface area contributed by atoms with Gasteiger partial charge in [0.1, 0.15) is 17.3 Å². The molecule has 0 bridgehead atoms. The zero-order valence-electron chi connectivity index (χ0n) is 10.6. The minimum atomic E-state index is -0.681. The first-order valence-electron chi connectivity index (χ1n) is 5.54. The Balaban J connectivity index is 2.51. The Morgan fingerprint density at radius 2 is 2.14 bits per heavy atom. The smallest absolute Gasteiger partial charge is 0.352 e. The first-order chi connectivity index (χ1) is 9.90. The van der Waals surface area contributed by atoms with E-state index in [1.807, 2.05) is 0 Å². The Morgan fingerprint density at radius 3 is 2.71 bits per heavy atom. The highest BCUT2D eigenvalue weighted by atomic mass is 79.9. The summed E-state index contributed by atoms with van der Waals surface area (Å²) >= 11 is 3.10. The van der Waals surface area contributed by atoms with Crippen molar-refractivity contribution in [3.63, 3.8) is 0 Å². The van der Waals surface area contributed by atoms with Gasteiger partial charge < -0.3 is 4.74 Å². The fourth-order valence-electron chi connectivity index (χ4n) is 1.59. The zero-order chi connectivity index (χ0) is 15.6. The molecule has 0 amide bonds. The molecular formula is C11H9BrFN5O3. The molecule has 21 heavy (non-hydrogen) atoms. The van der Waals surface area contributed by atoms with E-state index in [1.54, 1.807) is 0 Å². The second-order valence-corrected chi connectivity index (χ2v) is 4.81. The van der Waals surface area contributed by atoms with Gasteiger partial charge in [0, 0.05) is 10.5 Å². The van der Waals surface area contributed by atoms with Crippen molar-refractivity contribution in [3.8, 4) is 11.6 Å². The predicted octanol–water partition coefficient (Wildman–Crippen LogP) is 2.67. The van der Waals surface area contributed by atoms with Gasteiger partial charge in [0.15, 0.2) is 0 Å². The molecule has 10 heteroatoms. The summed E-state index contributed by atoms with van der Waals surface area (Å²) in [5, 5.41) is 11.1. The van der Waals surface area contributed by atoms with Crippen molar-refractivity contribution in [1.82, 2.24) is 9.97 Å². The average Bonchev–Trinajstić information content (AvgIpc) is 2.36. The Labute approximate surface area is 126 Å². The van der Waals surface area contributed by atoms with Crippen LogP contribution in [0, 0.1) is 22.9 Å². The Morgan fingerprint density at radius 1 is 1.43 bits per heavy atom. The maximum atomic E-state index is 13.3. The number of ether oxygens (including phenoxy) is 1. The van der Waals surface area contributed by atoms with Crippen LogP contribution in [-0.2, 0) is 0 Å². The highest BCUT2D eigenvalue weighted by molar-refractivity contribution is 9.10. The topological polar surface area (TPSA) is 116 Å². The van der Waals surface area contributed by atoms with E-state index in [0.29, 0.717) is 4.47 Å². The SMILES string of the molecule is Cc1nc(NN)nc(Oc2cc(F)cc(Br)c2)c1[N+](=O)[O-]. The maximum Gasteiger partial charge on any atom is 0.352 e. The summed E-state index contributed by atoms with van der Waals surface area (Å²) in [4.78, 5) is 18.0. The van der Waals surface area contributed by atoms with Gasteiger partial charge in [-0.2, -0.15) is 4.98 Å². The van der Waals surface area contributed by atoms with Crippen LogP contribution in [0.4, 0.5) is 16.0 Å². The van der Waals surface area contributed by atoms with Crippen molar-refractivity contribution in [3.05, 3.63) is 44.3 Å². The summed E-state index contributed by atoms with van der Waals surface area (Å²) in [6, 6.07) is 3.74. The number of nitrogens with one attached hydrogen (secondary N) is 1. The van der Waals surface area contributed by atoms with Crippen molar-refractivity contribution >= 4 is 27.6 Å². The van der Waals surface area contributed by atoms with Crippen LogP contribution in [0.15, 0.2) is 22.7 Å². The first kappa shape index (κ1) is 15.1. The van der Waals surface area contributed by atoms with Crippen molar-refractivity contribution < 1.29 is 14.1 Å². The first-order valence-corrected chi connectivity index (χ1v) is 6.33. The molecule has 0 radical (unpaired) electrons. The van der Waals surface area contributed by atoms with Gasteiger partial charge in [-0.1, -0.05) is 15.9 Å². The van der Waals surface area contributed by atoms with Crippen LogP contribution in [-0.4, -0.2) is 14.9 Å². The summed E-state index contributed by atoms with van der Waals surface area (Å²) in [6.45, 7) is 1.41. The second-order valence-electron chi connectivity index (χ2n) is 3.90. The largest absolute Gasteiger partial charge is 0.433 e. The number of hydrogen-bond donors (Lipinski definition) is 2. The second kappa shape index (κ2) is 5.97. The number of nitrogens with zero attached hydrogens (tertiary/aromatic N) is 3. The molecule has 0 aliphatic heterocycles. The van der Waals surface area contributed by atoms with Crippen LogP contribution in [0.5, 0.6) is 11.6 Å². The van der Waals surface area contributed by atoms with Gasteiger partial charge in [-0.05, 0) is 19.1 Å². The monoisotopic (exact) mass is 357 g/mol. The van der Waals surface area contributed by atoms with Gasteiger partial charge in [-0.25, -0.2) is 15.2 Å². The lowest BCUT2D eigenvalue weighted by Gasteiger charge is -2.08. The molecule has 1 aromatic carbocycles. The van der Waals surface area contributed by atoms with E-state index in [-0.39, 0.29) is 23.3 Å². The molecule has 1 aromatic heterocycles. The molecular weight excluding hydrogens is 349 g/mol. The third-order valence-corrected chi connectivity index (χ3v) is 2.85. The summed E-state index contributed by atoms with van der Waals surface area (Å²) in [5.74, 6) is 4.28. The van der Waals surface area contributed by atoms with E-state index in [1.165, 1.54) is 19.1 Å². The number of nitro groups is 1. The number of nitrogen functional groups attached to an aromatic ring is 1. The Kier molecular flexibility index (Phi) is 4.29. The normalized spacial score (nSPS) is 10.3. The molecule has 0 spiro atoms. The van der Waals surface area contributed by atoms with Crippen molar-refractivity contribution in [1.29, 1.82) is 0 Å². The van der Waals surface area contributed by atoms with Crippen LogP contribution in [0.2, 0.25) is 0 Å². The van der Waals surface area contributed by atoms with Gasteiger partial charge in [0.05, 0.1) is 4.92 Å². The van der Waals surface area contributed by atoms with Crippen LogP contribution in [0.3, 0.4) is 0 Å². The van der Waals surface area contributed by atoms with E-state index >= 15 is 0 Å². The third kappa shape index (κ3) is 3.41. The number of anilines is 1. The number of nitrogens with two attached hydrogens (primary N) is 1. The summed E-state index contributed by atoms with van der Waals surface area (Å²) < 4.78 is 19.0. The molecule has 0 unspecified atom stereocenters. The fourth-order valence-corrected chi connectivity index (χ4v) is 2.03. The molecule has 0 saturated carbocycles. The van der Waals surface area contributed by atoms with E-state index in [4.69, 9.17) is 10.6 Å². The van der Waals surface area contributed by atoms with Gasteiger partial charge in [0.2, 0.25) is 5.95 Å². The highest BCUT2D eigenvalue weighted by Crippen LogP contribution is 2.33. The third-order valence-electron chi connectivity index (χ3n) is 2.39. The lowest BCUT2D eigenvalue weighted by Crippen LogP contribution is -2.12. The molecule has 0 aliphatic carbocycles. The quantitative estimate of drug-likeness (QED) is 0.490. The highest BCUT2D eigenvalue weighted by Gasteiger charge is 2.24. The zero-order valence-corrected chi connectivity index (χ0v) is 12.2. The van der Waals surface area contributed by atoms with E-state index in [0.717, 1.165) is 6.07 Å². The van der Waals surface area contributed by atoms with Crippen LogP contribution in [0.1, 0.15) is 5.69 Å². The number of halogens is 2. The molecule has 3 N–H and O–H groups in total. The van der Waals surface area contributed by atoms with E-state index in [2.05, 4.69) is 31.3 Å². The Hall–Kier alpha value is -2.33. The van der Waals surface area contributed by atoms with Gasteiger partial charge in [-0.3, -0.25) is 15.5 Å². The summed E-state index contributed by atoms with van der Waals surface area (Å²) in [5.41, 5.74) is 1.82. The standard InChI is InChI=1S/C11H9BrFN5O3/c1-5-9(18(19)20)10(16-11(15-5)17-14)21-8-3-6(12)2-7(13)4-8/h2-4H,14H2,1H3,(H,15,16,17).